The monoisotopic (exact) mass is 254 g/mol. The van der Waals surface area contributed by atoms with Crippen molar-refractivity contribution in [1.82, 2.24) is 0 Å². The van der Waals surface area contributed by atoms with Crippen LogP contribution in [0.1, 0.15) is 44.2 Å². The van der Waals surface area contributed by atoms with Crippen molar-refractivity contribution in [2.75, 3.05) is 12.5 Å². The van der Waals surface area contributed by atoms with Gasteiger partial charge in [-0.05, 0) is 51.2 Å². The highest BCUT2D eigenvalue weighted by Gasteiger charge is 2.15. The Morgan fingerprint density at radius 3 is 2.41 bits per heavy atom. The molecule has 0 saturated heterocycles. The Labute approximate surface area is 110 Å². The first-order valence-corrected chi connectivity index (χ1v) is 6.73. The molecule has 1 aromatic carbocycles. The largest absolute Gasteiger partial charge is 0.376 e. The number of hydrogen-bond donors (Lipinski definition) is 0. The van der Waals surface area contributed by atoms with Crippen LogP contribution >= 0.6 is 11.6 Å². The fraction of sp³-hybridized carbons (Fsp3) is 0.600. The van der Waals surface area contributed by atoms with Crippen molar-refractivity contribution in [3.63, 3.8) is 0 Å². The van der Waals surface area contributed by atoms with E-state index in [1.165, 1.54) is 11.1 Å². The van der Waals surface area contributed by atoms with Gasteiger partial charge in [0, 0.05) is 12.5 Å². The summed E-state index contributed by atoms with van der Waals surface area (Å²) in [6.07, 6.45) is 0.978. The second-order valence-electron chi connectivity index (χ2n) is 5.46. The summed E-state index contributed by atoms with van der Waals surface area (Å²) in [6.45, 7) is 9.14. The van der Waals surface area contributed by atoms with Gasteiger partial charge in [0.1, 0.15) is 0 Å². The van der Waals surface area contributed by atoms with Gasteiger partial charge in [-0.2, -0.15) is 0 Å². The summed E-state index contributed by atoms with van der Waals surface area (Å²) in [5.41, 5.74) is 2.59. The van der Waals surface area contributed by atoms with E-state index in [1.54, 1.807) is 0 Å². The van der Waals surface area contributed by atoms with Crippen LogP contribution in [0.5, 0.6) is 0 Å². The molecular weight excluding hydrogens is 232 g/mol. The van der Waals surface area contributed by atoms with Crippen LogP contribution in [0.2, 0.25) is 0 Å². The van der Waals surface area contributed by atoms with Crippen LogP contribution in [0.25, 0.3) is 0 Å². The molecule has 1 nitrogen and oxygen atoms in total. The van der Waals surface area contributed by atoms with E-state index >= 15 is 0 Å². The number of rotatable bonds is 5. The molecule has 0 aromatic heterocycles. The molecule has 0 fully saturated rings. The number of halogens is 1. The maximum atomic E-state index is 6.07. The van der Waals surface area contributed by atoms with Gasteiger partial charge in [-0.15, -0.1) is 11.6 Å². The number of benzene rings is 1. The minimum Gasteiger partial charge on any atom is -0.376 e. The Balaban J connectivity index is 2.58. The van der Waals surface area contributed by atoms with Crippen LogP contribution in [0.3, 0.4) is 0 Å². The van der Waals surface area contributed by atoms with E-state index in [-0.39, 0.29) is 5.60 Å². The van der Waals surface area contributed by atoms with Gasteiger partial charge in [-0.1, -0.05) is 24.3 Å². The highest BCUT2D eigenvalue weighted by Crippen LogP contribution is 2.25. The summed E-state index contributed by atoms with van der Waals surface area (Å²) in [5.74, 6) is 1.04. The third-order valence-corrected chi connectivity index (χ3v) is 3.19. The van der Waals surface area contributed by atoms with Crippen LogP contribution in [0.4, 0.5) is 0 Å². The van der Waals surface area contributed by atoms with E-state index in [0.29, 0.717) is 11.8 Å². The summed E-state index contributed by atoms with van der Waals surface area (Å²) in [7, 11) is 0. The molecule has 0 aliphatic carbocycles. The lowest BCUT2D eigenvalue weighted by Gasteiger charge is -2.22. The molecule has 0 N–H and O–H groups in total. The second kappa shape index (κ2) is 6.42. The zero-order valence-electron chi connectivity index (χ0n) is 11.3. The number of hydrogen-bond acceptors (Lipinski definition) is 1. The molecule has 1 aromatic rings. The summed E-state index contributed by atoms with van der Waals surface area (Å²) < 4.78 is 5.76. The normalized spacial score (nSPS) is 13.7. The average molecular weight is 255 g/mol. The molecule has 96 valence electrons. The minimum atomic E-state index is -0.0669. The topological polar surface area (TPSA) is 9.23 Å². The van der Waals surface area contributed by atoms with Crippen molar-refractivity contribution in [1.29, 1.82) is 0 Å². The average Bonchev–Trinajstić information content (AvgIpc) is 2.24. The lowest BCUT2D eigenvalue weighted by atomic mass is 9.94. The Bertz CT molecular complexity index is 341. The first-order chi connectivity index (χ1) is 7.94. The smallest absolute Gasteiger partial charge is 0.0598 e. The van der Waals surface area contributed by atoms with Gasteiger partial charge < -0.3 is 4.74 Å². The molecule has 0 radical (unpaired) electrons. The van der Waals surface area contributed by atoms with Gasteiger partial charge in [-0.25, -0.2) is 0 Å². The van der Waals surface area contributed by atoms with E-state index in [9.17, 15) is 0 Å². The molecule has 0 spiro atoms. The molecule has 1 rings (SSSR count). The first kappa shape index (κ1) is 14.5. The Hall–Kier alpha value is -0.530. The molecule has 0 saturated carbocycles. The summed E-state index contributed by atoms with van der Waals surface area (Å²) >= 11 is 6.07. The fourth-order valence-electron chi connectivity index (χ4n) is 1.87. The maximum Gasteiger partial charge on any atom is 0.0598 e. The SMILES string of the molecule is Cc1ccccc1C(CCl)CCOC(C)(C)C. The van der Waals surface area contributed by atoms with Gasteiger partial charge >= 0.3 is 0 Å². The van der Waals surface area contributed by atoms with E-state index in [4.69, 9.17) is 16.3 Å². The van der Waals surface area contributed by atoms with Crippen molar-refractivity contribution in [3.05, 3.63) is 35.4 Å². The van der Waals surface area contributed by atoms with Crippen LogP contribution in [-0.4, -0.2) is 18.1 Å². The second-order valence-corrected chi connectivity index (χ2v) is 5.77. The van der Waals surface area contributed by atoms with Gasteiger partial charge in [0.2, 0.25) is 0 Å². The van der Waals surface area contributed by atoms with Crippen molar-refractivity contribution < 1.29 is 4.74 Å². The lowest BCUT2D eigenvalue weighted by molar-refractivity contribution is -0.00566. The zero-order chi connectivity index (χ0) is 12.9. The van der Waals surface area contributed by atoms with E-state index in [0.717, 1.165) is 13.0 Å². The predicted octanol–water partition coefficient (Wildman–Crippen LogP) is 4.52. The number of ether oxygens (including phenoxy) is 1. The maximum absolute atomic E-state index is 6.07. The Morgan fingerprint density at radius 1 is 1.24 bits per heavy atom. The van der Waals surface area contributed by atoms with Gasteiger partial charge in [0.15, 0.2) is 0 Å². The van der Waals surface area contributed by atoms with Crippen LogP contribution < -0.4 is 0 Å². The predicted molar refractivity (Wildman–Crippen MR) is 75.0 cm³/mol. The van der Waals surface area contributed by atoms with E-state index in [2.05, 4.69) is 52.0 Å². The van der Waals surface area contributed by atoms with Crippen LogP contribution in [-0.2, 0) is 4.74 Å². The van der Waals surface area contributed by atoms with Crippen molar-refractivity contribution in [2.45, 2.75) is 45.6 Å². The molecule has 0 aliphatic rings. The van der Waals surface area contributed by atoms with E-state index in [1.807, 2.05) is 0 Å². The molecule has 2 heteroatoms. The van der Waals surface area contributed by atoms with Crippen LogP contribution in [0.15, 0.2) is 24.3 Å². The molecule has 0 bridgehead atoms. The third kappa shape index (κ3) is 5.10. The highest BCUT2D eigenvalue weighted by molar-refractivity contribution is 6.18. The van der Waals surface area contributed by atoms with Crippen molar-refractivity contribution in [3.8, 4) is 0 Å². The number of aryl methyl sites for hydroxylation is 1. The standard InChI is InChI=1S/C15H23ClO/c1-12-7-5-6-8-14(12)13(11-16)9-10-17-15(2,3)4/h5-8,13H,9-11H2,1-4H3. The van der Waals surface area contributed by atoms with E-state index < -0.39 is 0 Å². The molecule has 1 unspecified atom stereocenters. The minimum absolute atomic E-state index is 0.0669. The highest BCUT2D eigenvalue weighted by atomic mass is 35.5. The number of alkyl halides is 1. The summed E-state index contributed by atoms with van der Waals surface area (Å²) in [5, 5.41) is 0. The zero-order valence-corrected chi connectivity index (χ0v) is 12.1. The molecule has 0 aliphatic heterocycles. The fourth-order valence-corrected chi connectivity index (χ4v) is 2.19. The Kier molecular flexibility index (Phi) is 5.48. The van der Waals surface area contributed by atoms with Crippen molar-refractivity contribution in [2.24, 2.45) is 0 Å². The molecule has 1 atom stereocenters. The quantitative estimate of drug-likeness (QED) is 0.702. The van der Waals surface area contributed by atoms with Gasteiger partial charge in [0.25, 0.3) is 0 Å². The van der Waals surface area contributed by atoms with Crippen LogP contribution in [0, 0.1) is 6.92 Å². The summed E-state index contributed by atoms with van der Waals surface area (Å²) in [4.78, 5) is 0. The summed E-state index contributed by atoms with van der Waals surface area (Å²) in [6, 6.07) is 8.45. The lowest BCUT2D eigenvalue weighted by Crippen LogP contribution is -2.21. The molecule has 0 heterocycles. The third-order valence-electron chi connectivity index (χ3n) is 2.82. The first-order valence-electron chi connectivity index (χ1n) is 6.19. The van der Waals surface area contributed by atoms with Gasteiger partial charge in [0.05, 0.1) is 5.60 Å². The molecule has 17 heavy (non-hydrogen) atoms. The molecule has 0 amide bonds. The van der Waals surface area contributed by atoms with Gasteiger partial charge in [-0.3, -0.25) is 0 Å². The van der Waals surface area contributed by atoms with Crippen molar-refractivity contribution >= 4 is 11.6 Å². The Morgan fingerprint density at radius 2 is 1.88 bits per heavy atom. The molecular formula is C15H23ClO.